The third kappa shape index (κ3) is 4.83. The van der Waals surface area contributed by atoms with Crippen molar-refractivity contribution < 1.29 is 9.59 Å². The topological polar surface area (TPSA) is 106 Å². The molecule has 4 heterocycles. The Kier molecular flexibility index (Phi) is 6.07. The first-order valence-corrected chi connectivity index (χ1v) is 11.2. The van der Waals surface area contributed by atoms with Crippen LogP contribution in [0.2, 0.25) is 0 Å². The second-order valence-corrected chi connectivity index (χ2v) is 8.11. The molecule has 172 valence electrons. The Morgan fingerprint density at radius 1 is 0.882 bits per heavy atom. The van der Waals surface area contributed by atoms with Crippen molar-refractivity contribution >= 4 is 40.2 Å². The molecular formula is C25H25N7O2. The minimum absolute atomic E-state index is 0.112. The Bertz CT molecular complexity index is 1280. The van der Waals surface area contributed by atoms with Crippen LogP contribution >= 0.6 is 0 Å². The zero-order chi connectivity index (χ0) is 23.3. The van der Waals surface area contributed by atoms with Gasteiger partial charge < -0.3 is 25.4 Å². The fourth-order valence-electron chi connectivity index (χ4n) is 4.08. The van der Waals surface area contributed by atoms with Gasteiger partial charge in [-0.25, -0.2) is 14.8 Å². The summed E-state index contributed by atoms with van der Waals surface area (Å²) >= 11 is 0. The molecule has 0 spiro atoms. The number of amides is 3. The standard InChI is InChI=1S/C25H25N7O2/c33-23(15-18-16-28-24-21(18)7-4-10-26-24)32-13-11-31(12-14-32)22-9-8-20(17-27-22)30-25(34)29-19-5-2-1-3-6-19/h1-10,16-17H,11-15H2,(H,26,28)(H2,29,30,34). The van der Waals surface area contributed by atoms with E-state index in [0.29, 0.717) is 38.3 Å². The van der Waals surface area contributed by atoms with Crippen molar-refractivity contribution in [2.45, 2.75) is 6.42 Å². The van der Waals surface area contributed by atoms with Gasteiger partial charge in [-0.1, -0.05) is 18.2 Å². The summed E-state index contributed by atoms with van der Waals surface area (Å²) in [4.78, 5) is 40.9. The second-order valence-electron chi connectivity index (χ2n) is 8.11. The lowest BCUT2D eigenvalue weighted by atomic mass is 10.1. The Labute approximate surface area is 196 Å². The lowest BCUT2D eigenvalue weighted by Gasteiger charge is -2.35. The number of fused-ring (bicyclic) bond motifs is 1. The number of rotatable bonds is 5. The number of carbonyl (C=O) groups excluding carboxylic acids is 2. The summed E-state index contributed by atoms with van der Waals surface area (Å²) in [7, 11) is 0. The second kappa shape index (κ2) is 9.62. The van der Waals surface area contributed by atoms with Gasteiger partial charge in [0.1, 0.15) is 11.5 Å². The summed E-state index contributed by atoms with van der Waals surface area (Å²) in [5.74, 6) is 0.935. The largest absolute Gasteiger partial charge is 0.353 e. The zero-order valence-electron chi connectivity index (χ0n) is 18.6. The molecule has 1 aliphatic heterocycles. The van der Waals surface area contributed by atoms with Gasteiger partial charge in [0, 0.05) is 49.6 Å². The van der Waals surface area contributed by atoms with Gasteiger partial charge in [-0.2, -0.15) is 0 Å². The van der Waals surface area contributed by atoms with E-state index >= 15 is 0 Å². The molecule has 34 heavy (non-hydrogen) atoms. The van der Waals surface area contributed by atoms with Crippen molar-refractivity contribution in [3.8, 4) is 0 Å². The van der Waals surface area contributed by atoms with Gasteiger partial charge in [0.25, 0.3) is 0 Å². The average Bonchev–Trinajstić information content (AvgIpc) is 3.28. The highest BCUT2D eigenvalue weighted by atomic mass is 16.2. The highest BCUT2D eigenvalue weighted by Crippen LogP contribution is 2.19. The Morgan fingerprint density at radius 3 is 2.44 bits per heavy atom. The molecule has 0 aliphatic carbocycles. The fraction of sp³-hybridized carbons (Fsp3) is 0.200. The third-order valence-electron chi connectivity index (χ3n) is 5.87. The first-order chi connectivity index (χ1) is 16.7. The maximum Gasteiger partial charge on any atom is 0.323 e. The van der Waals surface area contributed by atoms with Crippen molar-refractivity contribution in [3.63, 3.8) is 0 Å². The van der Waals surface area contributed by atoms with Crippen LogP contribution in [0.4, 0.5) is 22.0 Å². The molecule has 1 aromatic carbocycles. The van der Waals surface area contributed by atoms with E-state index in [1.807, 2.05) is 65.7 Å². The summed E-state index contributed by atoms with van der Waals surface area (Å²) in [6.07, 6.45) is 5.60. The number of anilines is 3. The number of para-hydroxylation sites is 1. The predicted molar refractivity (Wildman–Crippen MR) is 132 cm³/mol. The molecule has 9 heteroatoms. The summed E-state index contributed by atoms with van der Waals surface area (Å²) in [6, 6.07) is 16.5. The van der Waals surface area contributed by atoms with E-state index in [4.69, 9.17) is 0 Å². The number of pyridine rings is 2. The van der Waals surface area contributed by atoms with Gasteiger partial charge in [-0.15, -0.1) is 0 Å². The monoisotopic (exact) mass is 455 g/mol. The molecule has 3 N–H and O–H groups in total. The number of piperazine rings is 1. The predicted octanol–water partition coefficient (Wildman–Crippen LogP) is 3.49. The van der Waals surface area contributed by atoms with E-state index in [1.54, 1.807) is 12.4 Å². The van der Waals surface area contributed by atoms with E-state index in [1.165, 1.54) is 0 Å². The number of aromatic nitrogens is 3. The molecule has 1 fully saturated rings. The first-order valence-electron chi connectivity index (χ1n) is 11.2. The summed E-state index contributed by atoms with van der Waals surface area (Å²) < 4.78 is 0. The van der Waals surface area contributed by atoms with Crippen molar-refractivity contribution in [2.24, 2.45) is 0 Å². The number of urea groups is 1. The van der Waals surface area contributed by atoms with E-state index in [2.05, 4.69) is 30.5 Å². The van der Waals surface area contributed by atoms with E-state index in [0.717, 1.165) is 28.1 Å². The summed E-state index contributed by atoms with van der Waals surface area (Å²) in [5.41, 5.74) is 3.10. The van der Waals surface area contributed by atoms with Crippen molar-refractivity contribution in [1.82, 2.24) is 19.9 Å². The lowest BCUT2D eigenvalue weighted by molar-refractivity contribution is -0.130. The molecule has 0 radical (unpaired) electrons. The van der Waals surface area contributed by atoms with Crippen molar-refractivity contribution in [2.75, 3.05) is 41.7 Å². The molecule has 5 rings (SSSR count). The van der Waals surface area contributed by atoms with E-state index < -0.39 is 0 Å². The number of hydrogen-bond acceptors (Lipinski definition) is 5. The molecule has 3 aromatic heterocycles. The number of H-pyrrole nitrogens is 1. The number of hydrogen-bond donors (Lipinski definition) is 3. The number of aromatic amines is 1. The fourth-order valence-corrected chi connectivity index (χ4v) is 4.08. The average molecular weight is 456 g/mol. The van der Waals surface area contributed by atoms with Crippen molar-refractivity contribution in [1.29, 1.82) is 0 Å². The number of carbonyl (C=O) groups is 2. The molecular weight excluding hydrogens is 430 g/mol. The zero-order valence-corrected chi connectivity index (χ0v) is 18.6. The van der Waals surface area contributed by atoms with Crippen LogP contribution in [-0.4, -0.2) is 58.0 Å². The van der Waals surface area contributed by atoms with Crippen LogP contribution in [0.25, 0.3) is 11.0 Å². The Balaban J connectivity index is 1.12. The van der Waals surface area contributed by atoms with E-state index in [-0.39, 0.29) is 11.9 Å². The Hall–Kier alpha value is -4.40. The van der Waals surface area contributed by atoms with Crippen molar-refractivity contribution in [3.05, 3.63) is 78.8 Å². The molecule has 0 saturated carbocycles. The Morgan fingerprint density at radius 2 is 1.68 bits per heavy atom. The van der Waals surface area contributed by atoms with Gasteiger partial charge in [-0.05, 0) is 42.0 Å². The number of benzene rings is 1. The molecule has 4 aromatic rings. The number of nitrogens with zero attached hydrogens (tertiary/aromatic N) is 4. The van der Waals surface area contributed by atoms with Crippen LogP contribution in [0.1, 0.15) is 5.56 Å². The molecule has 1 aliphatic rings. The molecule has 0 atom stereocenters. The van der Waals surface area contributed by atoms with Gasteiger partial charge in [-0.3, -0.25) is 4.79 Å². The molecule has 0 bridgehead atoms. The third-order valence-corrected chi connectivity index (χ3v) is 5.87. The highest BCUT2D eigenvalue weighted by Gasteiger charge is 2.23. The number of nitrogens with one attached hydrogen (secondary N) is 3. The molecule has 1 saturated heterocycles. The van der Waals surface area contributed by atoms with Crippen LogP contribution in [0.5, 0.6) is 0 Å². The van der Waals surface area contributed by atoms with Crippen LogP contribution in [0.15, 0.2) is 73.2 Å². The maximum absolute atomic E-state index is 12.8. The quantitative estimate of drug-likeness (QED) is 0.427. The first kappa shape index (κ1) is 21.4. The van der Waals surface area contributed by atoms with E-state index in [9.17, 15) is 9.59 Å². The summed E-state index contributed by atoms with van der Waals surface area (Å²) in [5, 5.41) is 6.55. The summed E-state index contributed by atoms with van der Waals surface area (Å²) in [6.45, 7) is 2.69. The highest BCUT2D eigenvalue weighted by molar-refractivity contribution is 5.99. The van der Waals surface area contributed by atoms with Crippen LogP contribution in [0.3, 0.4) is 0 Å². The van der Waals surface area contributed by atoms with Crippen LogP contribution < -0.4 is 15.5 Å². The SMILES string of the molecule is O=C(Nc1ccccc1)Nc1ccc(N2CCN(C(=O)Cc3c[nH]c4ncccc34)CC2)nc1. The van der Waals surface area contributed by atoms with Crippen LogP contribution in [0, 0.1) is 0 Å². The minimum atomic E-state index is -0.321. The molecule has 0 unspecified atom stereocenters. The molecule has 9 nitrogen and oxygen atoms in total. The van der Waals surface area contributed by atoms with Crippen LogP contribution in [-0.2, 0) is 11.2 Å². The maximum atomic E-state index is 12.8. The van der Waals surface area contributed by atoms with Gasteiger partial charge >= 0.3 is 6.03 Å². The van der Waals surface area contributed by atoms with Gasteiger partial charge in [0.2, 0.25) is 5.91 Å². The lowest BCUT2D eigenvalue weighted by Crippen LogP contribution is -2.49. The smallest absolute Gasteiger partial charge is 0.323 e. The normalized spacial score (nSPS) is 13.6. The van der Waals surface area contributed by atoms with Gasteiger partial charge in [0.15, 0.2) is 0 Å². The minimum Gasteiger partial charge on any atom is -0.353 e. The molecule has 3 amide bonds. The van der Waals surface area contributed by atoms with Gasteiger partial charge in [0.05, 0.1) is 18.3 Å².